The summed E-state index contributed by atoms with van der Waals surface area (Å²) in [7, 11) is -3.99. The molecule has 0 saturated carbocycles. The molecule has 6 nitrogen and oxygen atoms in total. The van der Waals surface area contributed by atoms with Crippen LogP contribution in [0.3, 0.4) is 0 Å². The van der Waals surface area contributed by atoms with Crippen molar-refractivity contribution in [2.24, 2.45) is 0 Å². The van der Waals surface area contributed by atoms with Crippen molar-refractivity contribution < 1.29 is 18.3 Å². The second-order valence-corrected chi connectivity index (χ2v) is 9.53. The van der Waals surface area contributed by atoms with Gasteiger partial charge in [-0.25, -0.2) is 12.4 Å². The number of benzene rings is 2. The molecule has 0 fully saturated rings. The average molecular weight is 475 g/mol. The maximum absolute atomic E-state index is 13.4. The lowest BCUT2D eigenvalue weighted by Crippen LogP contribution is -2.12. The SMILES string of the molecule is O=C(O)CCc1cn(S(=O)(=O)c2ccc(Cl)c(Cl)c2)c2ccc(-c3cccnc3)cc12. The lowest BCUT2D eigenvalue weighted by Gasteiger charge is -2.09. The number of nitrogens with zero attached hydrogens (tertiary/aromatic N) is 2. The number of carboxylic acid groups (broad SMARTS) is 1. The Bertz CT molecular complexity index is 1400. The summed E-state index contributed by atoms with van der Waals surface area (Å²) in [6.07, 6.45) is 4.91. The van der Waals surface area contributed by atoms with Crippen LogP contribution in [0.15, 0.2) is 72.0 Å². The first kappa shape index (κ1) is 21.4. The second kappa shape index (κ2) is 8.34. The van der Waals surface area contributed by atoms with Gasteiger partial charge in [0.25, 0.3) is 10.0 Å². The molecule has 2 heterocycles. The molecule has 0 unspecified atom stereocenters. The highest BCUT2D eigenvalue weighted by molar-refractivity contribution is 7.90. The zero-order valence-corrected chi connectivity index (χ0v) is 18.3. The fourth-order valence-electron chi connectivity index (χ4n) is 3.37. The van der Waals surface area contributed by atoms with Crippen LogP contribution >= 0.6 is 23.2 Å². The van der Waals surface area contributed by atoms with Gasteiger partial charge in [-0.1, -0.05) is 35.3 Å². The number of halogens is 2. The normalized spacial score (nSPS) is 11.7. The van der Waals surface area contributed by atoms with Crippen molar-refractivity contribution in [3.05, 3.63) is 82.7 Å². The minimum absolute atomic E-state index is 0.0140. The van der Waals surface area contributed by atoms with E-state index in [4.69, 9.17) is 28.3 Å². The summed E-state index contributed by atoms with van der Waals surface area (Å²) in [6, 6.07) is 13.2. The molecule has 0 radical (unpaired) electrons. The van der Waals surface area contributed by atoms with Crippen LogP contribution in [-0.4, -0.2) is 28.5 Å². The van der Waals surface area contributed by atoms with E-state index >= 15 is 0 Å². The Morgan fingerprint density at radius 2 is 1.84 bits per heavy atom. The third-order valence-electron chi connectivity index (χ3n) is 4.90. The number of aliphatic carboxylic acids is 1. The Morgan fingerprint density at radius 3 is 2.52 bits per heavy atom. The maximum atomic E-state index is 13.4. The van der Waals surface area contributed by atoms with Crippen molar-refractivity contribution in [1.29, 1.82) is 0 Å². The van der Waals surface area contributed by atoms with E-state index in [9.17, 15) is 13.2 Å². The highest BCUT2D eigenvalue weighted by Crippen LogP contribution is 2.32. The Hall–Kier alpha value is -2.87. The van der Waals surface area contributed by atoms with Crippen LogP contribution in [0.5, 0.6) is 0 Å². The molecular weight excluding hydrogens is 459 g/mol. The number of aryl methyl sites for hydroxylation is 1. The Labute approximate surface area is 188 Å². The second-order valence-electron chi connectivity index (χ2n) is 6.90. The van der Waals surface area contributed by atoms with Gasteiger partial charge in [0.05, 0.1) is 20.5 Å². The average Bonchev–Trinajstić information content (AvgIpc) is 3.13. The summed E-state index contributed by atoms with van der Waals surface area (Å²) in [5.74, 6) is -0.961. The molecule has 0 aliphatic heterocycles. The fourth-order valence-corrected chi connectivity index (χ4v) is 5.15. The molecule has 0 aliphatic carbocycles. The first-order valence-corrected chi connectivity index (χ1v) is 11.4. The molecule has 0 amide bonds. The van der Waals surface area contributed by atoms with E-state index in [2.05, 4.69) is 4.98 Å². The van der Waals surface area contributed by atoms with Crippen LogP contribution in [0, 0.1) is 0 Å². The summed E-state index contributed by atoms with van der Waals surface area (Å²) in [4.78, 5) is 15.2. The fraction of sp³-hybridized carbons (Fsp3) is 0.0909. The predicted octanol–water partition coefficient (Wildman–Crippen LogP) is 5.26. The Morgan fingerprint density at radius 1 is 1.03 bits per heavy atom. The van der Waals surface area contributed by atoms with Gasteiger partial charge in [-0.05, 0) is 53.9 Å². The van der Waals surface area contributed by atoms with E-state index in [1.807, 2.05) is 18.2 Å². The molecule has 0 aliphatic rings. The summed E-state index contributed by atoms with van der Waals surface area (Å²) in [5.41, 5.74) is 2.78. The highest BCUT2D eigenvalue weighted by atomic mass is 35.5. The lowest BCUT2D eigenvalue weighted by molar-refractivity contribution is -0.136. The number of fused-ring (bicyclic) bond motifs is 1. The molecule has 0 saturated heterocycles. The van der Waals surface area contributed by atoms with Crippen LogP contribution in [0.1, 0.15) is 12.0 Å². The van der Waals surface area contributed by atoms with Crippen LogP contribution in [0.2, 0.25) is 10.0 Å². The number of hydrogen-bond acceptors (Lipinski definition) is 4. The van der Waals surface area contributed by atoms with E-state index in [1.54, 1.807) is 24.5 Å². The Balaban J connectivity index is 1.91. The van der Waals surface area contributed by atoms with E-state index < -0.39 is 16.0 Å². The van der Waals surface area contributed by atoms with Gasteiger partial charge in [0, 0.05) is 36.0 Å². The summed E-state index contributed by atoms with van der Waals surface area (Å²) in [5, 5.41) is 10.2. The zero-order valence-electron chi connectivity index (χ0n) is 16.0. The molecule has 2 aromatic heterocycles. The molecule has 0 atom stereocenters. The van der Waals surface area contributed by atoms with Crippen LogP contribution in [0.4, 0.5) is 0 Å². The number of rotatable bonds is 6. The summed E-state index contributed by atoms with van der Waals surface area (Å²) >= 11 is 12.0. The third-order valence-corrected chi connectivity index (χ3v) is 7.31. The molecule has 9 heteroatoms. The molecule has 2 aromatic carbocycles. The van der Waals surface area contributed by atoms with Gasteiger partial charge in [-0.15, -0.1) is 0 Å². The number of pyridine rings is 1. The molecule has 4 aromatic rings. The molecule has 158 valence electrons. The Kier molecular flexibility index (Phi) is 5.75. The van der Waals surface area contributed by atoms with Gasteiger partial charge >= 0.3 is 5.97 Å². The number of hydrogen-bond donors (Lipinski definition) is 1. The first-order valence-electron chi connectivity index (χ1n) is 9.24. The molecular formula is C22H16Cl2N2O4S. The van der Waals surface area contributed by atoms with Gasteiger partial charge in [-0.3, -0.25) is 9.78 Å². The van der Waals surface area contributed by atoms with E-state index in [-0.39, 0.29) is 27.8 Å². The van der Waals surface area contributed by atoms with E-state index in [0.717, 1.165) is 15.1 Å². The number of carbonyl (C=O) groups is 1. The van der Waals surface area contributed by atoms with Crippen molar-refractivity contribution in [1.82, 2.24) is 8.96 Å². The van der Waals surface area contributed by atoms with Gasteiger partial charge in [0.15, 0.2) is 0 Å². The molecule has 4 rings (SSSR count). The van der Waals surface area contributed by atoms with Crippen molar-refractivity contribution in [3.8, 4) is 11.1 Å². The van der Waals surface area contributed by atoms with Gasteiger partial charge in [-0.2, -0.15) is 0 Å². The molecule has 1 N–H and O–H groups in total. The quantitative estimate of drug-likeness (QED) is 0.411. The molecule has 31 heavy (non-hydrogen) atoms. The van der Waals surface area contributed by atoms with Crippen LogP contribution in [0.25, 0.3) is 22.0 Å². The molecule has 0 spiro atoms. The number of carboxylic acids is 1. The number of aromatic nitrogens is 2. The van der Waals surface area contributed by atoms with Crippen molar-refractivity contribution >= 4 is 50.1 Å². The minimum atomic E-state index is -3.99. The van der Waals surface area contributed by atoms with E-state index in [1.165, 1.54) is 24.4 Å². The van der Waals surface area contributed by atoms with Crippen LogP contribution < -0.4 is 0 Å². The summed E-state index contributed by atoms with van der Waals surface area (Å²) < 4.78 is 27.9. The minimum Gasteiger partial charge on any atom is -0.481 e. The topological polar surface area (TPSA) is 89.3 Å². The van der Waals surface area contributed by atoms with Gasteiger partial charge < -0.3 is 5.11 Å². The van der Waals surface area contributed by atoms with Crippen molar-refractivity contribution in [2.45, 2.75) is 17.7 Å². The van der Waals surface area contributed by atoms with Gasteiger partial charge in [0.2, 0.25) is 0 Å². The van der Waals surface area contributed by atoms with Gasteiger partial charge in [0.1, 0.15) is 0 Å². The summed E-state index contributed by atoms with van der Waals surface area (Å²) in [6.45, 7) is 0. The first-order chi connectivity index (χ1) is 14.8. The standard InChI is InChI=1S/C22H16Cl2N2O4S/c23-19-6-5-17(11-20(19)24)31(29,30)26-13-16(4-8-22(27)28)18-10-14(3-7-21(18)26)15-2-1-9-25-12-15/h1-3,5-7,9-13H,4,8H2,(H,27,28). The van der Waals surface area contributed by atoms with Crippen molar-refractivity contribution in [3.63, 3.8) is 0 Å². The van der Waals surface area contributed by atoms with Crippen LogP contribution in [-0.2, 0) is 21.2 Å². The lowest BCUT2D eigenvalue weighted by atomic mass is 10.0. The van der Waals surface area contributed by atoms with E-state index in [0.29, 0.717) is 16.5 Å². The van der Waals surface area contributed by atoms with Crippen molar-refractivity contribution in [2.75, 3.05) is 0 Å². The monoisotopic (exact) mass is 474 g/mol. The maximum Gasteiger partial charge on any atom is 0.303 e. The highest BCUT2D eigenvalue weighted by Gasteiger charge is 2.23. The molecule has 0 bridgehead atoms. The largest absolute Gasteiger partial charge is 0.481 e. The third kappa shape index (κ3) is 4.17. The smallest absolute Gasteiger partial charge is 0.303 e. The zero-order chi connectivity index (χ0) is 22.2. The predicted molar refractivity (Wildman–Crippen MR) is 120 cm³/mol.